The summed E-state index contributed by atoms with van der Waals surface area (Å²) in [5.41, 5.74) is 3.96. The van der Waals surface area contributed by atoms with Crippen LogP contribution in [0.2, 0.25) is 0 Å². The first-order valence-corrected chi connectivity index (χ1v) is 8.08. The van der Waals surface area contributed by atoms with Gasteiger partial charge in [-0.3, -0.25) is 10.0 Å². The molecular weight excluding hydrogens is 262 g/mol. The molecule has 21 heavy (non-hydrogen) atoms. The van der Waals surface area contributed by atoms with Crippen molar-refractivity contribution in [1.29, 1.82) is 0 Å². The molecule has 1 saturated carbocycles. The van der Waals surface area contributed by atoms with E-state index in [1.54, 1.807) is 17.6 Å². The van der Waals surface area contributed by atoms with Crippen molar-refractivity contribution in [3.05, 3.63) is 35.4 Å². The number of benzene rings is 1. The fraction of sp³-hybridized carbons (Fsp3) is 0.611. The number of amides is 1. The summed E-state index contributed by atoms with van der Waals surface area (Å²) in [6, 6.07) is 7.55. The van der Waals surface area contributed by atoms with Gasteiger partial charge in [0, 0.05) is 5.56 Å². The topological polar surface area (TPSA) is 49.3 Å². The quantitative estimate of drug-likeness (QED) is 0.612. The molecule has 116 valence electrons. The predicted octanol–water partition coefficient (Wildman–Crippen LogP) is 4.66. The molecule has 0 heterocycles. The van der Waals surface area contributed by atoms with E-state index in [-0.39, 0.29) is 0 Å². The molecule has 3 heteroatoms. The molecule has 0 unspecified atom stereocenters. The Bertz CT molecular complexity index is 461. The zero-order chi connectivity index (χ0) is 15.3. The van der Waals surface area contributed by atoms with Crippen LogP contribution in [-0.2, 0) is 0 Å². The first-order valence-electron chi connectivity index (χ1n) is 8.08. The van der Waals surface area contributed by atoms with Crippen molar-refractivity contribution >= 4 is 5.91 Å². The largest absolute Gasteiger partial charge is 0.288 e. The van der Waals surface area contributed by atoms with Gasteiger partial charge in [0.15, 0.2) is 0 Å². The number of carbonyl (C=O) groups is 1. The van der Waals surface area contributed by atoms with E-state index in [9.17, 15) is 4.79 Å². The fourth-order valence-corrected chi connectivity index (χ4v) is 3.41. The van der Waals surface area contributed by atoms with E-state index in [0.717, 1.165) is 0 Å². The van der Waals surface area contributed by atoms with E-state index >= 15 is 0 Å². The average molecular weight is 289 g/mol. The van der Waals surface area contributed by atoms with Crippen LogP contribution in [0.1, 0.15) is 80.6 Å². The molecule has 0 aliphatic heterocycles. The normalized spacial score (nSPS) is 19.0. The third kappa shape index (κ3) is 4.31. The fourth-order valence-electron chi connectivity index (χ4n) is 3.41. The molecular formula is C18H27NO2. The van der Waals surface area contributed by atoms with Gasteiger partial charge in [-0.25, -0.2) is 5.48 Å². The summed E-state index contributed by atoms with van der Waals surface area (Å²) in [5, 5.41) is 8.62. The summed E-state index contributed by atoms with van der Waals surface area (Å²) in [6.45, 7) is 4.70. The van der Waals surface area contributed by atoms with Crippen molar-refractivity contribution in [3.63, 3.8) is 0 Å². The van der Waals surface area contributed by atoms with Gasteiger partial charge in [-0.2, -0.15) is 0 Å². The number of hydroxylamine groups is 1. The van der Waals surface area contributed by atoms with E-state index in [0.29, 0.717) is 16.9 Å². The molecule has 1 aliphatic carbocycles. The van der Waals surface area contributed by atoms with Crippen LogP contribution in [-0.4, -0.2) is 11.1 Å². The highest BCUT2D eigenvalue weighted by Crippen LogP contribution is 2.41. The third-order valence-electron chi connectivity index (χ3n) is 5.09. The van der Waals surface area contributed by atoms with E-state index in [1.807, 2.05) is 12.1 Å². The highest BCUT2D eigenvalue weighted by atomic mass is 16.5. The van der Waals surface area contributed by atoms with Crippen LogP contribution in [0.3, 0.4) is 0 Å². The number of rotatable bonds is 5. The number of hydrogen-bond acceptors (Lipinski definition) is 2. The van der Waals surface area contributed by atoms with Crippen molar-refractivity contribution in [2.45, 2.75) is 64.7 Å². The van der Waals surface area contributed by atoms with Crippen LogP contribution < -0.4 is 5.48 Å². The van der Waals surface area contributed by atoms with Gasteiger partial charge in [0.1, 0.15) is 0 Å². The van der Waals surface area contributed by atoms with Gasteiger partial charge < -0.3 is 0 Å². The van der Waals surface area contributed by atoms with Gasteiger partial charge in [-0.15, -0.1) is 0 Å². The van der Waals surface area contributed by atoms with E-state index < -0.39 is 5.91 Å². The molecule has 1 fully saturated rings. The summed E-state index contributed by atoms with van der Waals surface area (Å²) in [6.07, 6.45) is 9.39. The first-order chi connectivity index (χ1) is 10.0. The van der Waals surface area contributed by atoms with Gasteiger partial charge in [-0.05, 0) is 54.7 Å². The van der Waals surface area contributed by atoms with Gasteiger partial charge in [0.2, 0.25) is 0 Å². The van der Waals surface area contributed by atoms with Crippen LogP contribution in [0.4, 0.5) is 0 Å². The second-order valence-electron chi connectivity index (χ2n) is 6.87. The first kappa shape index (κ1) is 16.0. The zero-order valence-corrected chi connectivity index (χ0v) is 13.2. The second-order valence-corrected chi connectivity index (χ2v) is 6.87. The molecule has 2 N–H and O–H groups in total. The summed E-state index contributed by atoms with van der Waals surface area (Å²) in [5.74, 6) is 0.0545. The van der Waals surface area contributed by atoms with Crippen LogP contribution in [0, 0.1) is 5.41 Å². The molecule has 3 nitrogen and oxygen atoms in total. The number of carbonyl (C=O) groups excluding carboxylic acids is 1. The summed E-state index contributed by atoms with van der Waals surface area (Å²) in [7, 11) is 0. The molecule has 0 saturated heterocycles. The van der Waals surface area contributed by atoms with Crippen LogP contribution in [0.5, 0.6) is 0 Å². The SMILES string of the molecule is C[C@@H](CCC1(C)CCCCC1)c1ccc(C(=O)NO)cc1. The molecule has 1 aromatic carbocycles. The van der Waals surface area contributed by atoms with Crippen molar-refractivity contribution < 1.29 is 10.0 Å². The van der Waals surface area contributed by atoms with Crippen molar-refractivity contribution in [1.82, 2.24) is 5.48 Å². The lowest BCUT2D eigenvalue weighted by Gasteiger charge is -2.34. The maximum atomic E-state index is 11.3. The average Bonchev–Trinajstić information content (AvgIpc) is 2.53. The molecule has 2 rings (SSSR count). The summed E-state index contributed by atoms with van der Waals surface area (Å²) in [4.78, 5) is 11.3. The summed E-state index contributed by atoms with van der Waals surface area (Å²) < 4.78 is 0. The smallest absolute Gasteiger partial charge is 0.274 e. The Morgan fingerprint density at radius 1 is 1.24 bits per heavy atom. The summed E-state index contributed by atoms with van der Waals surface area (Å²) >= 11 is 0. The predicted molar refractivity (Wildman–Crippen MR) is 84.5 cm³/mol. The Morgan fingerprint density at radius 2 is 1.86 bits per heavy atom. The Kier molecular flexibility index (Phi) is 5.40. The zero-order valence-electron chi connectivity index (χ0n) is 13.2. The molecule has 0 spiro atoms. The van der Waals surface area contributed by atoms with E-state index in [4.69, 9.17) is 5.21 Å². The number of hydrogen-bond donors (Lipinski definition) is 2. The van der Waals surface area contributed by atoms with Gasteiger partial charge >= 0.3 is 0 Å². The second kappa shape index (κ2) is 7.08. The molecule has 1 atom stereocenters. The van der Waals surface area contributed by atoms with Gasteiger partial charge in [0.25, 0.3) is 5.91 Å². The maximum absolute atomic E-state index is 11.3. The molecule has 0 aromatic heterocycles. The minimum atomic E-state index is -0.455. The lowest BCUT2D eigenvalue weighted by molar-refractivity contribution is 0.0706. The lowest BCUT2D eigenvalue weighted by atomic mass is 9.71. The highest BCUT2D eigenvalue weighted by Gasteiger charge is 2.26. The third-order valence-corrected chi connectivity index (χ3v) is 5.09. The van der Waals surface area contributed by atoms with E-state index in [1.165, 1.54) is 50.5 Å². The standard InChI is InChI=1S/C18H27NO2/c1-14(10-13-18(2)11-4-3-5-12-18)15-6-8-16(9-7-15)17(20)19-21/h6-9,14,21H,3-5,10-13H2,1-2H3,(H,19,20)/t14-/m0/s1. The molecule has 1 amide bonds. The minimum Gasteiger partial charge on any atom is -0.288 e. The van der Waals surface area contributed by atoms with Gasteiger partial charge in [-0.1, -0.05) is 45.2 Å². The van der Waals surface area contributed by atoms with Gasteiger partial charge in [0.05, 0.1) is 0 Å². The Morgan fingerprint density at radius 3 is 2.43 bits per heavy atom. The Balaban J connectivity index is 1.90. The molecule has 1 aromatic rings. The molecule has 0 bridgehead atoms. The van der Waals surface area contributed by atoms with Crippen LogP contribution in [0.15, 0.2) is 24.3 Å². The number of nitrogens with one attached hydrogen (secondary N) is 1. The van der Waals surface area contributed by atoms with Crippen molar-refractivity contribution in [3.8, 4) is 0 Å². The molecule has 1 aliphatic rings. The monoisotopic (exact) mass is 289 g/mol. The van der Waals surface area contributed by atoms with E-state index in [2.05, 4.69) is 13.8 Å². The Hall–Kier alpha value is -1.35. The van der Waals surface area contributed by atoms with Crippen LogP contribution in [0.25, 0.3) is 0 Å². The highest BCUT2D eigenvalue weighted by molar-refractivity contribution is 5.93. The Labute approximate surface area is 127 Å². The maximum Gasteiger partial charge on any atom is 0.274 e. The minimum absolute atomic E-state index is 0.455. The van der Waals surface area contributed by atoms with Crippen molar-refractivity contribution in [2.75, 3.05) is 0 Å². The van der Waals surface area contributed by atoms with Crippen molar-refractivity contribution in [2.24, 2.45) is 5.41 Å². The van der Waals surface area contributed by atoms with Crippen LogP contribution >= 0.6 is 0 Å². The molecule has 0 radical (unpaired) electrons. The lowest BCUT2D eigenvalue weighted by Crippen LogP contribution is -2.20.